The van der Waals surface area contributed by atoms with Gasteiger partial charge in [-0.05, 0) is 67.5 Å². The Labute approximate surface area is 152 Å². The number of nitrogens with zero attached hydrogens (tertiary/aromatic N) is 1. The number of aromatic nitrogens is 1. The van der Waals surface area contributed by atoms with E-state index >= 15 is 0 Å². The third-order valence-corrected chi connectivity index (χ3v) is 5.64. The summed E-state index contributed by atoms with van der Waals surface area (Å²) in [5.41, 5.74) is 1.72. The van der Waals surface area contributed by atoms with Crippen LogP contribution in [0.3, 0.4) is 0 Å². The van der Waals surface area contributed by atoms with E-state index in [1.54, 1.807) is 19.1 Å². The Morgan fingerprint density at radius 3 is 2.56 bits per heavy atom. The molecule has 5 heteroatoms. The van der Waals surface area contributed by atoms with Gasteiger partial charge >= 0.3 is 0 Å². The third kappa shape index (κ3) is 3.43. The molecule has 134 valence electrons. The first-order valence-corrected chi connectivity index (χ1v) is 8.91. The topological polar surface area (TPSA) is 53.4 Å². The van der Waals surface area contributed by atoms with Crippen LogP contribution in [0.2, 0.25) is 5.02 Å². The van der Waals surface area contributed by atoms with Gasteiger partial charge in [-0.3, -0.25) is 0 Å². The monoisotopic (exact) mass is 363 g/mol. The van der Waals surface area contributed by atoms with Gasteiger partial charge in [0.2, 0.25) is 0 Å². The Morgan fingerprint density at radius 2 is 2.00 bits per heavy atom. The Kier molecular flexibility index (Phi) is 4.65. The first-order chi connectivity index (χ1) is 11.6. The number of hydrogen-bond donors (Lipinski definition) is 2. The van der Waals surface area contributed by atoms with Gasteiger partial charge in [0.15, 0.2) is 0 Å². The molecule has 1 aliphatic rings. The van der Waals surface area contributed by atoms with Gasteiger partial charge in [-0.1, -0.05) is 25.4 Å². The molecule has 0 amide bonds. The summed E-state index contributed by atoms with van der Waals surface area (Å²) in [6.07, 6.45) is 1.58. The van der Waals surface area contributed by atoms with Crippen molar-refractivity contribution in [1.29, 1.82) is 0 Å². The van der Waals surface area contributed by atoms with Crippen LogP contribution in [-0.2, 0) is 11.0 Å². The lowest BCUT2D eigenvalue weighted by atomic mass is 9.64. The fourth-order valence-corrected chi connectivity index (χ4v) is 3.54. The van der Waals surface area contributed by atoms with Crippen LogP contribution in [0, 0.1) is 5.82 Å². The van der Waals surface area contributed by atoms with E-state index in [1.807, 2.05) is 19.1 Å². The van der Waals surface area contributed by atoms with Crippen molar-refractivity contribution in [2.75, 3.05) is 0 Å². The minimum atomic E-state index is -1.06. The predicted octanol–water partition coefficient (Wildman–Crippen LogP) is 4.57. The van der Waals surface area contributed by atoms with E-state index < -0.39 is 11.4 Å². The Bertz CT molecular complexity index is 800. The summed E-state index contributed by atoms with van der Waals surface area (Å²) in [7, 11) is 0. The molecular weight excluding hydrogens is 341 g/mol. The normalized spacial score (nSPS) is 25.3. The zero-order valence-electron chi connectivity index (χ0n) is 14.7. The van der Waals surface area contributed by atoms with Crippen molar-refractivity contribution < 1.29 is 14.6 Å². The maximum absolute atomic E-state index is 13.5. The molecule has 1 aromatic heterocycles. The quantitative estimate of drug-likeness (QED) is 0.836. The van der Waals surface area contributed by atoms with Crippen molar-refractivity contribution in [3.8, 4) is 11.3 Å². The van der Waals surface area contributed by atoms with Gasteiger partial charge in [-0.2, -0.15) is 0 Å². The molecular formula is C20H23ClFNO2. The molecule has 1 atom stereocenters. The lowest BCUT2D eigenvalue weighted by Crippen LogP contribution is -2.42. The molecule has 1 heterocycles. The Balaban J connectivity index is 2.14. The second-order valence-electron chi connectivity index (χ2n) is 7.51. The standard InChI is InChI=1S/C20H23ClFNO2/c1-4-20(3,25)18-9-13(19(2)10-14(24)11-19)8-17(23-18)12-5-6-16(22)15(21)7-12/h5-9,14,24-25H,4,10-11H2,1-3H3. The highest BCUT2D eigenvalue weighted by Gasteiger charge is 2.41. The number of hydrogen-bond acceptors (Lipinski definition) is 3. The molecule has 0 radical (unpaired) electrons. The van der Waals surface area contributed by atoms with Crippen LogP contribution in [0.5, 0.6) is 0 Å². The van der Waals surface area contributed by atoms with Crippen molar-refractivity contribution in [3.05, 3.63) is 52.4 Å². The van der Waals surface area contributed by atoms with Gasteiger partial charge in [-0.25, -0.2) is 9.37 Å². The molecule has 1 saturated carbocycles. The summed E-state index contributed by atoms with van der Waals surface area (Å²) in [5, 5.41) is 20.5. The van der Waals surface area contributed by atoms with Crippen LogP contribution in [0.1, 0.15) is 51.3 Å². The van der Waals surface area contributed by atoms with Crippen LogP contribution >= 0.6 is 11.6 Å². The molecule has 3 nitrogen and oxygen atoms in total. The second-order valence-corrected chi connectivity index (χ2v) is 7.91. The first kappa shape index (κ1) is 18.3. The van der Waals surface area contributed by atoms with E-state index in [0.717, 1.165) is 5.56 Å². The molecule has 3 rings (SSSR count). The summed E-state index contributed by atoms with van der Waals surface area (Å²) >= 11 is 5.92. The van der Waals surface area contributed by atoms with Crippen molar-refractivity contribution in [2.24, 2.45) is 0 Å². The van der Waals surface area contributed by atoms with Crippen molar-refractivity contribution >= 4 is 11.6 Å². The minimum absolute atomic E-state index is 0.0405. The van der Waals surface area contributed by atoms with E-state index in [-0.39, 0.29) is 16.5 Å². The zero-order valence-corrected chi connectivity index (χ0v) is 15.4. The van der Waals surface area contributed by atoms with E-state index in [1.165, 1.54) is 6.07 Å². The molecule has 2 N–H and O–H groups in total. The second kappa shape index (κ2) is 6.35. The number of rotatable bonds is 4. The lowest BCUT2D eigenvalue weighted by Gasteiger charge is -2.43. The van der Waals surface area contributed by atoms with Crippen molar-refractivity contribution in [3.63, 3.8) is 0 Å². The highest BCUT2D eigenvalue weighted by molar-refractivity contribution is 6.31. The molecule has 1 aliphatic carbocycles. The van der Waals surface area contributed by atoms with Gasteiger partial charge in [0.1, 0.15) is 11.4 Å². The van der Waals surface area contributed by atoms with Gasteiger partial charge < -0.3 is 10.2 Å². The third-order valence-electron chi connectivity index (χ3n) is 5.35. The molecule has 0 aliphatic heterocycles. The van der Waals surface area contributed by atoms with E-state index in [9.17, 15) is 14.6 Å². The SMILES string of the molecule is CCC(C)(O)c1cc(C2(C)CC(O)C2)cc(-c2ccc(F)c(Cl)c2)n1. The fourth-order valence-electron chi connectivity index (χ4n) is 3.36. The summed E-state index contributed by atoms with van der Waals surface area (Å²) < 4.78 is 13.5. The largest absolute Gasteiger partial charge is 0.393 e. The average Bonchev–Trinajstić information content (AvgIpc) is 2.55. The fraction of sp³-hybridized carbons (Fsp3) is 0.450. The van der Waals surface area contributed by atoms with Crippen molar-refractivity contribution in [2.45, 2.75) is 57.2 Å². The number of benzene rings is 1. The molecule has 2 aromatic rings. The Morgan fingerprint density at radius 1 is 1.32 bits per heavy atom. The van der Waals surface area contributed by atoms with Crippen LogP contribution in [0.15, 0.2) is 30.3 Å². The number of aliphatic hydroxyl groups is 2. The summed E-state index contributed by atoms with van der Waals surface area (Å²) in [6, 6.07) is 8.37. The predicted molar refractivity (Wildman–Crippen MR) is 97.1 cm³/mol. The first-order valence-electron chi connectivity index (χ1n) is 8.53. The highest BCUT2D eigenvalue weighted by Crippen LogP contribution is 2.45. The molecule has 1 fully saturated rings. The van der Waals surface area contributed by atoms with Crippen LogP contribution in [0.4, 0.5) is 4.39 Å². The maximum Gasteiger partial charge on any atom is 0.141 e. The number of aliphatic hydroxyl groups excluding tert-OH is 1. The summed E-state index contributed by atoms with van der Waals surface area (Å²) in [6.45, 7) is 5.73. The van der Waals surface area contributed by atoms with Crippen LogP contribution < -0.4 is 0 Å². The number of pyridine rings is 1. The molecule has 25 heavy (non-hydrogen) atoms. The van der Waals surface area contributed by atoms with Gasteiger partial charge in [0.05, 0.1) is 22.5 Å². The van der Waals surface area contributed by atoms with Gasteiger partial charge in [0, 0.05) is 5.56 Å². The van der Waals surface area contributed by atoms with Gasteiger partial charge in [-0.15, -0.1) is 0 Å². The van der Waals surface area contributed by atoms with E-state index in [4.69, 9.17) is 11.6 Å². The Hall–Kier alpha value is -1.49. The van der Waals surface area contributed by atoms with Crippen LogP contribution in [-0.4, -0.2) is 21.3 Å². The molecule has 0 saturated heterocycles. The number of halogens is 2. The zero-order chi connectivity index (χ0) is 18.4. The maximum atomic E-state index is 13.5. The molecule has 0 spiro atoms. The molecule has 1 unspecified atom stereocenters. The lowest BCUT2D eigenvalue weighted by molar-refractivity contribution is 0.0262. The molecule has 1 aromatic carbocycles. The minimum Gasteiger partial charge on any atom is -0.393 e. The van der Waals surface area contributed by atoms with Gasteiger partial charge in [0.25, 0.3) is 0 Å². The summed E-state index contributed by atoms with van der Waals surface area (Å²) in [5.74, 6) is -0.476. The smallest absolute Gasteiger partial charge is 0.141 e. The van der Waals surface area contributed by atoms with Crippen molar-refractivity contribution in [1.82, 2.24) is 4.98 Å². The van der Waals surface area contributed by atoms with E-state index in [2.05, 4.69) is 11.9 Å². The highest BCUT2D eigenvalue weighted by atomic mass is 35.5. The summed E-state index contributed by atoms with van der Waals surface area (Å²) in [4.78, 5) is 4.61. The van der Waals surface area contributed by atoms with Crippen LogP contribution in [0.25, 0.3) is 11.3 Å². The molecule has 0 bridgehead atoms. The van der Waals surface area contributed by atoms with E-state index in [0.29, 0.717) is 36.2 Å². The average molecular weight is 364 g/mol.